The van der Waals surface area contributed by atoms with Gasteiger partial charge in [0.2, 0.25) is 0 Å². The van der Waals surface area contributed by atoms with Crippen LogP contribution in [0.5, 0.6) is 11.5 Å². The average Bonchev–Trinajstić information content (AvgIpc) is 2.57. The highest BCUT2D eigenvalue weighted by Gasteiger charge is 2.21. The fourth-order valence-corrected chi connectivity index (χ4v) is 3.83. The quantitative estimate of drug-likeness (QED) is 0.692. The zero-order valence-corrected chi connectivity index (χ0v) is 16.8. The molecule has 0 unspecified atom stereocenters. The van der Waals surface area contributed by atoms with Crippen LogP contribution in [0.2, 0.25) is 10.0 Å². The summed E-state index contributed by atoms with van der Waals surface area (Å²) < 4.78 is 33.9. The molecule has 0 radical (unpaired) electrons. The minimum atomic E-state index is -4.08. The first-order valence-corrected chi connectivity index (χ1v) is 10.2. The van der Waals surface area contributed by atoms with Crippen molar-refractivity contribution in [2.45, 2.75) is 11.4 Å². The van der Waals surface area contributed by atoms with Crippen LogP contribution >= 0.6 is 33.9 Å². The molecule has 0 aliphatic heterocycles. The van der Waals surface area contributed by atoms with Gasteiger partial charge in [0.15, 0.2) is 11.5 Å². The number of nitrogens with one attached hydrogen (secondary N) is 1. The molecular formula is C16H14Cl3NO5S. The second kappa shape index (κ2) is 8.35. The Bertz CT molecular complexity index is 947. The summed E-state index contributed by atoms with van der Waals surface area (Å²) in [5, 5.41) is 3.16. The third kappa shape index (κ3) is 4.73. The Morgan fingerprint density at radius 3 is 2.23 bits per heavy atom. The van der Waals surface area contributed by atoms with Gasteiger partial charge in [-0.3, -0.25) is 4.79 Å². The third-order valence-corrected chi connectivity index (χ3v) is 5.40. The lowest BCUT2D eigenvalue weighted by atomic mass is 10.1. The van der Waals surface area contributed by atoms with Crippen molar-refractivity contribution < 1.29 is 22.7 Å². The summed E-state index contributed by atoms with van der Waals surface area (Å²) in [6.07, 6.45) is 0. The van der Waals surface area contributed by atoms with Gasteiger partial charge in [0.1, 0.15) is 0 Å². The van der Waals surface area contributed by atoms with Gasteiger partial charge >= 0.3 is 0 Å². The van der Waals surface area contributed by atoms with Gasteiger partial charge in [0.05, 0.1) is 29.7 Å². The van der Waals surface area contributed by atoms with Crippen LogP contribution in [-0.2, 0) is 15.6 Å². The molecule has 26 heavy (non-hydrogen) atoms. The van der Waals surface area contributed by atoms with Crippen LogP contribution in [0.4, 0.5) is 0 Å². The van der Waals surface area contributed by atoms with Gasteiger partial charge in [0, 0.05) is 28.3 Å². The van der Waals surface area contributed by atoms with Gasteiger partial charge in [0.25, 0.3) is 15.0 Å². The van der Waals surface area contributed by atoms with Crippen LogP contribution in [-0.4, -0.2) is 28.5 Å². The molecule has 0 aromatic heterocycles. The van der Waals surface area contributed by atoms with E-state index in [1.165, 1.54) is 44.6 Å². The number of amides is 1. The summed E-state index contributed by atoms with van der Waals surface area (Å²) in [6, 6.07) is 7.08. The molecule has 0 spiro atoms. The second-order valence-electron chi connectivity index (χ2n) is 5.06. The maximum absolute atomic E-state index is 12.3. The van der Waals surface area contributed by atoms with E-state index in [-0.39, 0.29) is 33.3 Å². The first-order chi connectivity index (χ1) is 12.2. The molecule has 10 heteroatoms. The summed E-state index contributed by atoms with van der Waals surface area (Å²) in [4.78, 5) is 12.1. The highest BCUT2D eigenvalue weighted by Crippen LogP contribution is 2.34. The van der Waals surface area contributed by atoms with Crippen molar-refractivity contribution in [1.82, 2.24) is 5.32 Å². The summed E-state index contributed by atoms with van der Waals surface area (Å²) >= 11 is 11.8. The molecule has 0 fully saturated rings. The molecular weight excluding hydrogens is 425 g/mol. The normalized spacial score (nSPS) is 11.1. The van der Waals surface area contributed by atoms with Gasteiger partial charge in [-0.2, -0.15) is 0 Å². The molecule has 1 amide bonds. The summed E-state index contributed by atoms with van der Waals surface area (Å²) in [7, 11) is 4.19. The van der Waals surface area contributed by atoms with E-state index in [0.717, 1.165) is 0 Å². The van der Waals surface area contributed by atoms with Crippen molar-refractivity contribution in [2.24, 2.45) is 0 Å². The number of methoxy groups -OCH3 is 2. The number of carbonyl (C=O) groups excluding carboxylic acids is 1. The average molecular weight is 439 g/mol. The molecule has 0 aliphatic carbocycles. The topological polar surface area (TPSA) is 81.7 Å². The van der Waals surface area contributed by atoms with E-state index in [1.54, 1.807) is 0 Å². The molecule has 140 valence electrons. The number of ether oxygens (including phenoxy) is 2. The molecule has 1 N–H and O–H groups in total. The van der Waals surface area contributed by atoms with E-state index in [4.69, 9.17) is 43.4 Å². The lowest BCUT2D eigenvalue weighted by molar-refractivity contribution is 0.0950. The van der Waals surface area contributed by atoms with E-state index in [0.29, 0.717) is 10.8 Å². The van der Waals surface area contributed by atoms with Gasteiger partial charge in [-0.1, -0.05) is 23.2 Å². The molecule has 0 bridgehead atoms. The van der Waals surface area contributed by atoms with Gasteiger partial charge in [-0.15, -0.1) is 0 Å². The molecule has 0 aliphatic rings. The maximum atomic E-state index is 12.3. The van der Waals surface area contributed by atoms with E-state index in [1.807, 2.05) is 0 Å². The number of benzene rings is 2. The Morgan fingerprint density at radius 2 is 1.69 bits per heavy atom. The fraction of sp³-hybridized carbons (Fsp3) is 0.188. The van der Waals surface area contributed by atoms with Crippen molar-refractivity contribution in [2.75, 3.05) is 14.2 Å². The lowest BCUT2D eigenvalue weighted by Gasteiger charge is -2.14. The van der Waals surface area contributed by atoms with Crippen molar-refractivity contribution in [3.05, 3.63) is 51.5 Å². The SMILES string of the molecule is COc1cc(CNC(=O)c2ccc(Cl)cc2Cl)c(S(=O)(=O)Cl)cc1OC. The van der Waals surface area contributed by atoms with Gasteiger partial charge < -0.3 is 14.8 Å². The van der Waals surface area contributed by atoms with Gasteiger partial charge in [-0.25, -0.2) is 8.42 Å². The Morgan fingerprint density at radius 1 is 1.08 bits per heavy atom. The molecule has 0 saturated carbocycles. The predicted molar refractivity (Wildman–Crippen MR) is 100 cm³/mol. The minimum Gasteiger partial charge on any atom is -0.493 e. The molecule has 2 aromatic rings. The van der Waals surface area contributed by atoms with Crippen molar-refractivity contribution in [3.8, 4) is 11.5 Å². The second-order valence-corrected chi connectivity index (χ2v) is 8.44. The van der Waals surface area contributed by atoms with Crippen LogP contribution in [0.3, 0.4) is 0 Å². The van der Waals surface area contributed by atoms with Crippen molar-refractivity contribution >= 4 is 48.8 Å². The first kappa shape index (κ1) is 20.6. The number of hydrogen-bond donors (Lipinski definition) is 1. The maximum Gasteiger partial charge on any atom is 0.261 e. The largest absolute Gasteiger partial charge is 0.493 e. The lowest BCUT2D eigenvalue weighted by Crippen LogP contribution is -2.24. The summed E-state index contributed by atoms with van der Waals surface area (Å²) in [6.45, 7) is -0.126. The zero-order chi connectivity index (χ0) is 19.5. The number of carbonyl (C=O) groups is 1. The molecule has 0 heterocycles. The van der Waals surface area contributed by atoms with Crippen molar-refractivity contribution in [1.29, 1.82) is 0 Å². The molecule has 0 saturated heterocycles. The number of halogens is 3. The van der Waals surface area contributed by atoms with Crippen LogP contribution in [0.1, 0.15) is 15.9 Å². The highest BCUT2D eigenvalue weighted by atomic mass is 35.7. The zero-order valence-electron chi connectivity index (χ0n) is 13.7. The standard InChI is InChI=1S/C16H14Cl3NO5S/c1-24-13-5-9(15(26(19,22)23)7-14(13)25-2)8-20-16(21)11-4-3-10(17)6-12(11)18/h3-7H,8H2,1-2H3,(H,20,21). The highest BCUT2D eigenvalue weighted by molar-refractivity contribution is 8.13. The molecule has 2 aromatic carbocycles. The van der Waals surface area contributed by atoms with Crippen LogP contribution < -0.4 is 14.8 Å². The predicted octanol–water partition coefficient (Wildman–Crippen LogP) is 3.87. The van der Waals surface area contributed by atoms with E-state index < -0.39 is 15.0 Å². The monoisotopic (exact) mass is 437 g/mol. The fourth-order valence-electron chi connectivity index (χ4n) is 2.21. The molecule has 0 atom stereocenters. The number of rotatable bonds is 6. The number of hydrogen-bond acceptors (Lipinski definition) is 5. The Labute approximate surface area is 165 Å². The van der Waals surface area contributed by atoms with Crippen LogP contribution in [0, 0.1) is 0 Å². The Balaban J connectivity index is 2.34. The van der Waals surface area contributed by atoms with E-state index in [2.05, 4.69) is 5.32 Å². The van der Waals surface area contributed by atoms with Crippen LogP contribution in [0.25, 0.3) is 0 Å². The molecule has 2 rings (SSSR count). The smallest absolute Gasteiger partial charge is 0.261 e. The minimum absolute atomic E-state index is 0.126. The third-order valence-electron chi connectivity index (χ3n) is 3.44. The Hall–Kier alpha value is -1.67. The van der Waals surface area contributed by atoms with E-state index >= 15 is 0 Å². The van der Waals surface area contributed by atoms with E-state index in [9.17, 15) is 13.2 Å². The summed E-state index contributed by atoms with van der Waals surface area (Å²) in [5.74, 6) is -0.00717. The summed E-state index contributed by atoms with van der Waals surface area (Å²) in [5.41, 5.74) is 0.433. The van der Waals surface area contributed by atoms with Crippen LogP contribution in [0.15, 0.2) is 35.2 Å². The molecule has 6 nitrogen and oxygen atoms in total. The first-order valence-electron chi connectivity index (χ1n) is 7.10. The van der Waals surface area contributed by atoms with Crippen molar-refractivity contribution in [3.63, 3.8) is 0 Å². The van der Waals surface area contributed by atoms with Gasteiger partial charge in [-0.05, 0) is 29.8 Å². The Kier molecular flexibility index (Phi) is 6.63.